The zero-order chi connectivity index (χ0) is 10.8. The van der Waals surface area contributed by atoms with Crippen LogP contribution in [0.25, 0.3) is 0 Å². The predicted molar refractivity (Wildman–Crippen MR) is 59.2 cm³/mol. The van der Waals surface area contributed by atoms with Gasteiger partial charge in [-0.1, -0.05) is 11.3 Å². The third kappa shape index (κ3) is 2.35. The van der Waals surface area contributed by atoms with Gasteiger partial charge in [-0.3, -0.25) is 4.21 Å². The molecule has 0 aromatic carbocycles. The van der Waals surface area contributed by atoms with E-state index in [0.717, 1.165) is 0 Å². The summed E-state index contributed by atoms with van der Waals surface area (Å²) in [6, 6.07) is 0. The average Bonchev–Trinajstić information content (AvgIpc) is 2.68. The van der Waals surface area contributed by atoms with E-state index in [2.05, 4.69) is 4.98 Å². The molecule has 0 amide bonds. The zero-order valence-electron chi connectivity index (χ0n) is 7.88. The Morgan fingerprint density at radius 2 is 2.20 bits per heavy atom. The molecule has 0 saturated carbocycles. The second-order valence-corrected chi connectivity index (χ2v) is 5.85. The van der Waals surface area contributed by atoms with Gasteiger partial charge in [0.25, 0.3) is 0 Å². The summed E-state index contributed by atoms with van der Waals surface area (Å²) in [7, 11) is -0.718. The number of carboxylic acids is 1. The Morgan fingerprint density at radius 3 is 2.73 bits per heavy atom. The molecule has 0 radical (unpaired) electrons. The van der Waals surface area contributed by atoms with Crippen LogP contribution in [0.15, 0.2) is 6.20 Å². The molecule has 5 nitrogen and oxygen atoms in total. The van der Waals surface area contributed by atoms with Crippen molar-refractivity contribution in [3.63, 3.8) is 0 Å². The highest BCUT2D eigenvalue weighted by Crippen LogP contribution is 2.23. The molecule has 1 aliphatic heterocycles. The Balaban J connectivity index is 2.09. The van der Waals surface area contributed by atoms with E-state index in [1.165, 1.54) is 17.5 Å². The highest BCUT2D eigenvalue weighted by atomic mass is 32.2. The van der Waals surface area contributed by atoms with Crippen molar-refractivity contribution in [1.29, 1.82) is 0 Å². The fourth-order valence-corrected chi connectivity index (χ4v) is 3.20. The van der Waals surface area contributed by atoms with Crippen LogP contribution in [0.5, 0.6) is 0 Å². The Hall–Kier alpha value is -0.950. The van der Waals surface area contributed by atoms with Crippen LogP contribution in [0.1, 0.15) is 9.67 Å². The van der Waals surface area contributed by atoms with Crippen molar-refractivity contribution >= 4 is 33.2 Å². The van der Waals surface area contributed by atoms with Gasteiger partial charge in [-0.25, -0.2) is 9.78 Å². The van der Waals surface area contributed by atoms with Gasteiger partial charge in [0.2, 0.25) is 0 Å². The Labute approximate surface area is 93.2 Å². The molecule has 1 aliphatic rings. The van der Waals surface area contributed by atoms with Crippen molar-refractivity contribution in [2.24, 2.45) is 0 Å². The van der Waals surface area contributed by atoms with E-state index < -0.39 is 16.8 Å². The van der Waals surface area contributed by atoms with Crippen LogP contribution in [0.2, 0.25) is 0 Å². The quantitative estimate of drug-likeness (QED) is 0.818. The number of aromatic nitrogens is 1. The first-order valence-electron chi connectivity index (χ1n) is 4.46. The van der Waals surface area contributed by atoms with Gasteiger partial charge in [0.05, 0.1) is 6.20 Å². The van der Waals surface area contributed by atoms with Crippen LogP contribution in [0.3, 0.4) is 0 Å². The van der Waals surface area contributed by atoms with Gasteiger partial charge in [-0.15, -0.1) is 0 Å². The number of rotatable bonds is 2. The lowest BCUT2D eigenvalue weighted by Crippen LogP contribution is -2.37. The monoisotopic (exact) mass is 246 g/mol. The lowest BCUT2D eigenvalue weighted by molar-refractivity contribution is 0.0702. The molecule has 1 aromatic rings. The predicted octanol–water partition coefficient (Wildman–Crippen LogP) is 0.410. The van der Waals surface area contributed by atoms with E-state index in [1.807, 2.05) is 4.90 Å². The molecule has 1 saturated heterocycles. The molecule has 0 unspecified atom stereocenters. The fraction of sp³-hybridized carbons (Fsp3) is 0.500. The molecule has 0 bridgehead atoms. The standard InChI is InChI=1S/C8H10N2O3S2/c11-7(12)6-5-9-8(14-6)10-1-3-15(13)4-2-10/h5H,1-4H2,(H,11,12). The van der Waals surface area contributed by atoms with E-state index in [1.54, 1.807) is 0 Å². The van der Waals surface area contributed by atoms with Gasteiger partial charge in [-0.05, 0) is 0 Å². The van der Waals surface area contributed by atoms with Gasteiger partial charge < -0.3 is 10.0 Å². The van der Waals surface area contributed by atoms with Crippen LogP contribution in [0, 0.1) is 0 Å². The van der Waals surface area contributed by atoms with Gasteiger partial charge in [-0.2, -0.15) is 0 Å². The number of carboxylic acid groups (broad SMARTS) is 1. The average molecular weight is 246 g/mol. The highest BCUT2D eigenvalue weighted by Gasteiger charge is 2.19. The molecular formula is C8H10N2O3S2. The fourth-order valence-electron chi connectivity index (χ4n) is 1.34. The summed E-state index contributed by atoms with van der Waals surface area (Å²) in [5.41, 5.74) is 0. The first-order valence-corrected chi connectivity index (χ1v) is 6.76. The van der Waals surface area contributed by atoms with Crippen molar-refractivity contribution in [3.05, 3.63) is 11.1 Å². The highest BCUT2D eigenvalue weighted by molar-refractivity contribution is 7.85. The summed E-state index contributed by atoms with van der Waals surface area (Å²) in [5, 5.41) is 9.45. The number of anilines is 1. The minimum atomic E-state index is -0.945. The van der Waals surface area contributed by atoms with Crippen molar-refractivity contribution in [3.8, 4) is 0 Å². The Kier molecular flexibility index (Phi) is 3.01. The molecule has 0 aliphatic carbocycles. The first kappa shape index (κ1) is 10.6. The van der Waals surface area contributed by atoms with Gasteiger partial charge in [0.1, 0.15) is 4.88 Å². The smallest absolute Gasteiger partial charge is 0.347 e. The third-order valence-electron chi connectivity index (χ3n) is 2.15. The molecule has 0 spiro atoms. The maximum atomic E-state index is 11.1. The largest absolute Gasteiger partial charge is 0.477 e. The number of carbonyl (C=O) groups is 1. The Bertz CT molecular complexity index is 394. The SMILES string of the molecule is O=C(O)c1cnc(N2CCS(=O)CC2)s1. The van der Waals surface area contributed by atoms with Crippen LogP contribution >= 0.6 is 11.3 Å². The summed E-state index contributed by atoms with van der Waals surface area (Å²) in [6.45, 7) is 1.39. The summed E-state index contributed by atoms with van der Waals surface area (Å²) in [6.07, 6.45) is 1.37. The molecule has 1 N–H and O–H groups in total. The van der Waals surface area contributed by atoms with E-state index in [9.17, 15) is 9.00 Å². The number of hydrogen-bond acceptors (Lipinski definition) is 5. The molecule has 2 rings (SSSR count). The third-order valence-corrected chi connectivity index (χ3v) is 4.47. The molecule has 1 aromatic heterocycles. The van der Waals surface area contributed by atoms with Gasteiger partial charge in [0.15, 0.2) is 5.13 Å². The topological polar surface area (TPSA) is 70.5 Å². The molecule has 15 heavy (non-hydrogen) atoms. The summed E-state index contributed by atoms with van der Waals surface area (Å²) < 4.78 is 11.1. The summed E-state index contributed by atoms with van der Waals surface area (Å²) >= 11 is 1.17. The maximum Gasteiger partial charge on any atom is 0.347 e. The minimum absolute atomic E-state index is 0.247. The molecule has 2 heterocycles. The van der Waals surface area contributed by atoms with Crippen molar-refractivity contribution in [2.75, 3.05) is 29.5 Å². The lowest BCUT2D eigenvalue weighted by atomic mass is 10.5. The lowest BCUT2D eigenvalue weighted by Gasteiger charge is -2.25. The number of hydrogen-bond donors (Lipinski definition) is 1. The zero-order valence-corrected chi connectivity index (χ0v) is 9.51. The number of nitrogens with zero attached hydrogens (tertiary/aromatic N) is 2. The van der Waals surface area contributed by atoms with Crippen LogP contribution in [-0.2, 0) is 10.8 Å². The maximum absolute atomic E-state index is 11.1. The molecule has 0 atom stereocenters. The number of aromatic carboxylic acids is 1. The summed E-state index contributed by atoms with van der Waals surface area (Å²) in [4.78, 5) is 16.9. The van der Waals surface area contributed by atoms with E-state index in [-0.39, 0.29) is 4.88 Å². The van der Waals surface area contributed by atoms with Crippen molar-refractivity contribution in [2.45, 2.75) is 0 Å². The van der Waals surface area contributed by atoms with Gasteiger partial charge in [0, 0.05) is 35.4 Å². The second-order valence-electron chi connectivity index (χ2n) is 3.15. The second kappa shape index (κ2) is 4.28. The van der Waals surface area contributed by atoms with Crippen molar-refractivity contribution in [1.82, 2.24) is 4.98 Å². The van der Waals surface area contributed by atoms with Crippen LogP contribution < -0.4 is 4.90 Å². The molecular weight excluding hydrogens is 236 g/mol. The van der Waals surface area contributed by atoms with Crippen molar-refractivity contribution < 1.29 is 14.1 Å². The normalized spacial score (nSPS) is 18.0. The van der Waals surface area contributed by atoms with Crippen LogP contribution in [0.4, 0.5) is 5.13 Å². The minimum Gasteiger partial charge on any atom is -0.477 e. The first-order chi connectivity index (χ1) is 7.16. The van der Waals surface area contributed by atoms with Crippen LogP contribution in [-0.4, -0.2) is 44.9 Å². The summed E-state index contributed by atoms with van der Waals surface area (Å²) in [5.74, 6) is 0.337. The number of thiazole rings is 1. The molecule has 82 valence electrons. The van der Waals surface area contributed by atoms with E-state index >= 15 is 0 Å². The van der Waals surface area contributed by atoms with E-state index in [4.69, 9.17) is 5.11 Å². The van der Waals surface area contributed by atoms with E-state index in [0.29, 0.717) is 29.7 Å². The van der Waals surface area contributed by atoms with Gasteiger partial charge >= 0.3 is 5.97 Å². The molecule has 1 fully saturated rings. The Morgan fingerprint density at radius 1 is 1.53 bits per heavy atom. The molecule has 7 heteroatoms.